The molecule has 0 spiro atoms. The molecule has 0 heterocycles. The highest BCUT2D eigenvalue weighted by Crippen LogP contribution is 2.15. The first-order valence-electron chi connectivity index (χ1n) is 7.28. The van der Waals surface area contributed by atoms with E-state index < -0.39 is 5.54 Å². The first-order valence-corrected chi connectivity index (χ1v) is 7.28. The molecule has 0 aliphatic heterocycles. The molecule has 2 atom stereocenters. The van der Waals surface area contributed by atoms with E-state index in [1.54, 1.807) is 7.11 Å². The average molecular weight is 294 g/mol. The lowest BCUT2D eigenvalue weighted by molar-refractivity contribution is 0.161. The molecule has 5 nitrogen and oxygen atoms in total. The molecule has 3 N–H and O–H groups in total. The van der Waals surface area contributed by atoms with Gasteiger partial charge in [0.15, 0.2) is 0 Å². The zero-order chi connectivity index (χ0) is 15.7. The Morgan fingerprint density at radius 3 is 2.57 bits per heavy atom. The van der Waals surface area contributed by atoms with Crippen molar-refractivity contribution in [3.8, 4) is 0 Å². The lowest BCUT2D eigenvalue weighted by atomic mass is 9.95. The van der Waals surface area contributed by atoms with Gasteiger partial charge in [0.1, 0.15) is 0 Å². The van der Waals surface area contributed by atoms with Gasteiger partial charge in [-0.15, -0.1) is 0 Å². The van der Waals surface area contributed by atoms with Gasteiger partial charge in [-0.2, -0.15) is 0 Å². The van der Waals surface area contributed by atoms with Crippen LogP contribution in [-0.2, 0) is 4.74 Å². The second-order valence-electron chi connectivity index (χ2n) is 5.40. The maximum Gasteiger partial charge on any atom is 0.315 e. The number of benzene rings is 1. The first kappa shape index (κ1) is 17.5. The number of amides is 2. The lowest BCUT2D eigenvalue weighted by Crippen LogP contribution is -2.51. The summed E-state index contributed by atoms with van der Waals surface area (Å²) >= 11 is 0. The number of carbonyl (C=O) groups excluding carboxylic acids is 1. The molecule has 0 bridgehead atoms. The van der Waals surface area contributed by atoms with E-state index in [1.165, 1.54) is 0 Å². The number of urea groups is 1. The zero-order valence-corrected chi connectivity index (χ0v) is 13.1. The van der Waals surface area contributed by atoms with Crippen molar-refractivity contribution in [1.29, 1.82) is 0 Å². The van der Waals surface area contributed by atoms with Gasteiger partial charge < -0.3 is 20.5 Å². The van der Waals surface area contributed by atoms with E-state index in [4.69, 9.17) is 9.84 Å². The van der Waals surface area contributed by atoms with Crippen molar-refractivity contribution in [1.82, 2.24) is 10.6 Å². The molecule has 0 fully saturated rings. The summed E-state index contributed by atoms with van der Waals surface area (Å²) in [6, 6.07) is 9.25. The maximum absolute atomic E-state index is 12.2. The molecule has 2 unspecified atom stereocenters. The van der Waals surface area contributed by atoms with Crippen LogP contribution in [0.5, 0.6) is 0 Å². The fourth-order valence-electron chi connectivity index (χ4n) is 2.12. The van der Waals surface area contributed by atoms with Crippen LogP contribution in [0.3, 0.4) is 0 Å². The summed E-state index contributed by atoms with van der Waals surface area (Å²) in [5.74, 6) is 0. The lowest BCUT2D eigenvalue weighted by Gasteiger charge is -2.30. The highest BCUT2D eigenvalue weighted by atomic mass is 16.5. The van der Waals surface area contributed by atoms with Crippen molar-refractivity contribution in [2.45, 2.75) is 38.3 Å². The maximum atomic E-state index is 12.2. The molecule has 1 aromatic carbocycles. The van der Waals surface area contributed by atoms with Crippen LogP contribution in [0.2, 0.25) is 0 Å². The van der Waals surface area contributed by atoms with Gasteiger partial charge in [0.25, 0.3) is 0 Å². The van der Waals surface area contributed by atoms with Gasteiger partial charge in [0.2, 0.25) is 0 Å². The molecule has 2 amide bonds. The summed E-state index contributed by atoms with van der Waals surface area (Å²) in [4.78, 5) is 12.2. The van der Waals surface area contributed by atoms with Crippen molar-refractivity contribution < 1.29 is 14.6 Å². The van der Waals surface area contributed by atoms with E-state index in [2.05, 4.69) is 10.6 Å². The van der Waals surface area contributed by atoms with Crippen LogP contribution in [0.1, 0.15) is 38.3 Å². The van der Waals surface area contributed by atoms with Gasteiger partial charge in [-0.25, -0.2) is 4.79 Å². The Balaban J connectivity index is 2.69. The first-order chi connectivity index (χ1) is 10.0. The van der Waals surface area contributed by atoms with E-state index >= 15 is 0 Å². The van der Waals surface area contributed by atoms with Crippen molar-refractivity contribution in [3.63, 3.8) is 0 Å². The molecule has 0 saturated carbocycles. The Kier molecular flexibility index (Phi) is 7.19. The molecule has 21 heavy (non-hydrogen) atoms. The molecule has 1 aromatic rings. The Hall–Kier alpha value is -1.59. The van der Waals surface area contributed by atoms with Crippen molar-refractivity contribution in [2.75, 3.05) is 20.3 Å². The molecular formula is C16H26N2O3. The van der Waals surface area contributed by atoms with E-state index in [0.29, 0.717) is 13.0 Å². The minimum atomic E-state index is -0.410. The fraction of sp³-hybridized carbons (Fsp3) is 0.562. The number of ether oxygens (including phenoxy) is 1. The third-order valence-electron chi connectivity index (χ3n) is 3.70. The number of methoxy groups -OCH3 is 1. The van der Waals surface area contributed by atoms with Gasteiger partial charge in [0.05, 0.1) is 12.6 Å². The predicted molar refractivity (Wildman–Crippen MR) is 83.1 cm³/mol. The summed E-state index contributed by atoms with van der Waals surface area (Å²) in [6.45, 7) is 4.36. The number of carbonyl (C=O) groups is 1. The Bertz CT molecular complexity index is 425. The van der Waals surface area contributed by atoms with Gasteiger partial charge in [-0.05, 0) is 25.3 Å². The largest absolute Gasteiger partial charge is 0.396 e. The molecule has 0 aliphatic rings. The van der Waals surface area contributed by atoms with Crippen LogP contribution in [0.15, 0.2) is 30.3 Å². The highest BCUT2D eigenvalue weighted by molar-refractivity contribution is 5.75. The summed E-state index contributed by atoms with van der Waals surface area (Å²) in [5.41, 5.74) is 0.586. The van der Waals surface area contributed by atoms with Crippen LogP contribution in [0.25, 0.3) is 0 Å². The molecule has 118 valence electrons. The van der Waals surface area contributed by atoms with Crippen LogP contribution < -0.4 is 10.6 Å². The second-order valence-corrected chi connectivity index (χ2v) is 5.40. The molecule has 0 aliphatic carbocycles. The molecule has 0 radical (unpaired) electrons. The minimum Gasteiger partial charge on any atom is -0.396 e. The van der Waals surface area contributed by atoms with E-state index in [0.717, 1.165) is 12.0 Å². The van der Waals surface area contributed by atoms with Crippen LogP contribution in [-0.4, -0.2) is 37.0 Å². The predicted octanol–water partition coefficient (Wildman–Crippen LogP) is 2.22. The van der Waals surface area contributed by atoms with Crippen LogP contribution in [0, 0.1) is 0 Å². The molecule has 0 saturated heterocycles. The normalized spacial score (nSPS) is 15.0. The topological polar surface area (TPSA) is 70.6 Å². The quantitative estimate of drug-likeness (QED) is 0.688. The van der Waals surface area contributed by atoms with Crippen LogP contribution in [0.4, 0.5) is 4.79 Å². The standard InChI is InChI=1S/C16H26N2O3/c1-4-16(2,10-11-19)18-15(20)17-14(12-21-3)13-8-6-5-7-9-13/h5-9,14,19H,4,10-12H2,1-3H3,(H2,17,18,20). The van der Waals surface area contributed by atoms with Gasteiger partial charge in [0, 0.05) is 19.3 Å². The monoisotopic (exact) mass is 294 g/mol. The summed E-state index contributed by atoms with van der Waals surface area (Å²) in [6.07, 6.45) is 1.28. The van der Waals surface area contributed by atoms with E-state index in [9.17, 15) is 4.79 Å². The summed E-state index contributed by atoms with van der Waals surface area (Å²) < 4.78 is 5.18. The third-order valence-corrected chi connectivity index (χ3v) is 3.70. The number of rotatable bonds is 8. The number of hydrogen-bond acceptors (Lipinski definition) is 3. The number of nitrogens with one attached hydrogen (secondary N) is 2. The van der Waals surface area contributed by atoms with Gasteiger partial charge >= 0.3 is 6.03 Å². The van der Waals surface area contributed by atoms with Gasteiger partial charge in [-0.1, -0.05) is 37.3 Å². The number of aliphatic hydroxyl groups excluding tert-OH is 1. The zero-order valence-electron chi connectivity index (χ0n) is 13.1. The van der Waals surface area contributed by atoms with Crippen molar-refractivity contribution in [3.05, 3.63) is 35.9 Å². The molecule has 5 heteroatoms. The van der Waals surface area contributed by atoms with Gasteiger partial charge in [-0.3, -0.25) is 0 Å². The smallest absolute Gasteiger partial charge is 0.315 e. The minimum absolute atomic E-state index is 0.0464. The molecule has 1 rings (SSSR count). The average Bonchev–Trinajstić information content (AvgIpc) is 2.48. The third kappa shape index (κ3) is 5.73. The number of hydrogen-bond donors (Lipinski definition) is 3. The SMILES string of the molecule is CCC(C)(CCO)NC(=O)NC(COC)c1ccccc1. The number of aliphatic hydroxyl groups is 1. The summed E-state index contributed by atoms with van der Waals surface area (Å²) in [7, 11) is 1.61. The van der Waals surface area contributed by atoms with Crippen molar-refractivity contribution >= 4 is 6.03 Å². The molecular weight excluding hydrogens is 268 g/mol. The fourth-order valence-corrected chi connectivity index (χ4v) is 2.12. The van der Waals surface area contributed by atoms with Crippen LogP contribution >= 0.6 is 0 Å². The van der Waals surface area contributed by atoms with E-state index in [-0.39, 0.29) is 18.7 Å². The Labute approximate surface area is 126 Å². The molecule has 0 aromatic heterocycles. The Morgan fingerprint density at radius 2 is 2.05 bits per heavy atom. The van der Waals surface area contributed by atoms with E-state index in [1.807, 2.05) is 44.2 Å². The summed E-state index contributed by atoms with van der Waals surface area (Å²) in [5, 5.41) is 15.0. The second kappa shape index (κ2) is 8.64. The van der Waals surface area contributed by atoms with Crippen molar-refractivity contribution in [2.24, 2.45) is 0 Å². The Morgan fingerprint density at radius 1 is 1.38 bits per heavy atom. The highest BCUT2D eigenvalue weighted by Gasteiger charge is 2.25.